The topological polar surface area (TPSA) is 76.2 Å². The molecule has 0 N–H and O–H groups in total. The highest BCUT2D eigenvalue weighted by molar-refractivity contribution is 6.39. The van der Waals surface area contributed by atoms with Crippen LogP contribution >= 0.6 is 0 Å². The first-order valence-electron chi connectivity index (χ1n) is 9.65. The fraction of sp³-hybridized carbons (Fsp3) is 0.261. The second-order valence-corrected chi connectivity index (χ2v) is 6.97. The number of carbonyl (C=O) groups is 3. The summed E-state index contributed by atoms with van der Waals surface area (Å²) >= 11 is 0. The van der Waals surface area contributed by atoms with Crippen molar-refractivity contribution >= 4 is 29.6 Å². The smallest absolute Gasteiger partial charge is 0.338 e. The zero-order valence-electron chi connectivity index (χ0n) is 17.2. The molecule has 0 radical (unpaired) electrons. The Balaban J connectivity index is 2.08. The van der Waals surface area contributed by atoms with Gasteiger partial charge in [0.15, 0.2) is 0 Å². The normalized spacial score (nSPS) is 16.0. The van der Waals surface area contributed by atoms with Crippen LogP contribution in [0.2, 0.25) is 0 Å². The van der Waals surface area contributed by atoms with E-state index >= 15 is 0 Å². The van der Waals surface area contributed by atoms with E-state index in [-0.39, 0.29) is 24.8 Å². The molecule has 1 heterocycles. The zero-order chi connectivity index (χ0) is 21.7. The number of carbonyl (C=O) groups excluding carboxylic acids is 3. The average Bonchev–Trinajstić information content (AvgIpc) is 2.73. The van der Waals surface area contributed by atoms with Crippen molar-refractivity contribution in [2.45, 2.75) is 20.0 Å². The molecule has 1 aliphatic rings. The van der Waals surface area contributed by atoms with Crippen LogP contribution in [0.5, 0.6) is 5.75 Å². The Bertz CT molecular complexity index is 969. The van der Waals surface area contributed by atoms with Gasteiger partial charge in [-0.05, 0) is 38.1 Å². The fourth-order valence-corrected chi connectivity index (χ4v) is 3.08. The molecule has 0 aromatic heterocycles. The molecule has 4 amide bonds. The lowest BCUT2D eigenvalue weighted by atomic mass is 10.0. The Kier molecular flexibility index (Phi) is 6.64. The average molecular weight is 408 g/mol. The van der Waals surface area contributed by atoms with E-state index in [1.54, 1.807) is 48.5 Å². The lowest BCUT2D eigenvalue weighted by Gasteiger charge is -2.33. The quantitative estimate of drug-likeness (QED) is 0.518. The summed E-state index contributed by atoms with van der Waals surface area (Å²) in [6, 6.07) is 15.0. The van der Waals surface area contributed by atoms with Crippen molar-refractivity contribution in [3.8, 4) is 5.75 Å². The number of benzene rings is 2. The molecule has 1 fully saturated rings. The Morgan fingerprint density at radius 2 is 1.60 bits per heavy atom. The number of hydrogen-bond acceptors (Lipinski definition) is 5. The fourth-order valence-electron chi connectivity index (χ4n) is 3.08. The van der Waals surface area contributed by atoms with Crippen molar-refractivity contribution in [3.63, 3.8) is 0 Å². The van der Waals surface area contributed by atoms with Gasteiger partial charge in [0.05, 0.1) is 24.9 Å². The van der Waals surface area contributed by atoms with Crippen LogP contribution in [0.25, 0.3) is 6.08 Å². The molecule has 0 aliphatic carbocycles. The highest BCUT2D eigenvalue weighted by Crippen LogP contribution is 2.28. The van der Waals surface area contributed by atoms with Gasteiger partial charge in [0.1, 0.15) is 11.3 Å². The number of imide groups is 2. The number of anilines is 1. The molecule has 7 nitrogen and oxygen atoms in total. The maximum absolute atomic E-state index is 13.2. The van der Waals surface area contributed by atoms with Crippen molar-refractivity contribution in [2.24, 2.45) is 0 Å². The van der Waals surface area contributed by atoms with Crippen LogP contribution in [0, 0.1) is 0 Å². The molecule has 3 rings (SSSR count). The number of rotatable bonds is 7. The molecule has 0 bridgehead atoms. The van der Waals surface area contributed by atoms with Gasteiger partial charge in [0, 0.05) is 12.7 Å². The van der Waals surface area contributed by atoms with E-state index in [1.807, 2.05) is 19.9 Å². The highest BCUT2D eigenvalue weighted by atomic mass is 16.5. The first-order valence-corrected chi connectivity index (χ1v) is 9.65. The molecule has 0 spiro atoms. The van der Waals surface area contributed by atoms with Crippen LogP contribution < -0.4 is 9.64 Å². The van der Waals surface area contributed by atoms with Gasteiger partial charge in [-0.2, -0.15) is 0 Å². The maximum atomic E-state index is 13.2. The number of amides is 4. The van der Waals surface area contributed by atoms with E-state index in [1.165, 1.54) is 13.2 Å². The molecular weight excluding hydrogens is 384 g/mol. The largest absolute Gasteiger partial charge is 0.490 e. The first-order chi connectivity index (χ1) is 14.4. The Morgan fingerprint density at radius 1 is 0.933 bits per heavy atom. The van der Waals surface area contributed by atoms with Gasteiger partial charge in [0.25, 0.3) is 11.8 Å². The van der Waals surface area contributed by atoms with Gasteiger partial charge in [-0.25, -0.2) is 9.69 Å². The predicted octanol–water partition coefficient (Wildman–Crippen LogP) is 3.50. The minimum atomic E-state index is -0.697. The zero-order valence-corrected chi connectivity index (χ0v) is 17.2. The maximum Gasteiger partial charge on any atom is 0.338 e. The standard InChI is InChI=1S/C23H24N2O5/c1-16(2)30-20-12-8-7-9-17(20)15-19-21(26)24(13-14-29-3)23(28)25(22(19)27)18-10-5-4-6-11-18/h4-12,15-16H,13-14H2,1-3H3/b19-15-. The summed E-state index contributed by atoms with van der Waals surface area (Å²) in [5.74, 6) is -0.787. The van der Waals surface area contributed by atoms with Crippen molar-refractivity contribution in [1.82, 2.24) is 4.90 Å². The second kappa shape index (κ2) is 9.37. The number of barbiturate groups is 1. The van der Waals surface area contributed by atoms with Gasteiger partial charge >= 0.3 is 6.03 Å². The summed E-state index contributed by atoms with van der Waals surface area (Å²) in [5, 5.41) is 0. The number of methoxy groups -OCH3 is 1. The SMILES string of the molecule is COCCN1C(=O)/C(=C/c2ccccc2OC(C)C)C(=O)N(c2ccccc2)C1=O. The summed E-state index contributed by atoms with van der Waals surface area (Å²) < 4.78 is 10.8. The molecule has 0 saturated carbocycles. The molecule has 2 aromatic carbocycles. The van der Waals surface area contributed by atoms with E-state index in [4.69, 9.17) is 9.47 Å². The van der Waals surface area contributed by atoms with E-state index in [0.717, 1.165) is 9.80 Å². The Hall–Kier alpha value is -3.45. The molecule has 2 aromatic rings. The third-order valence-electron chi connectivity index (χ3n) is 4.45. The van der Waals surface area contributed by atoms with Crippen molar-refractivity contribution in [2.75, 3.05) is 25.2 Å². The molecule has 156 valence electrons. The lowest BCUT2D eigenvalue weighted by Crippen LogP contribution is -2.57. The van der Waals surface area contributed by atoms with Crippen LogP contribution in [0.3, 0.4) is 0 Å². The minimum Gasteiger partial charge on any atom is -0.490 e. The predicted molar refractivity (Wildman–Crippen MR) is 113 cm³/mol. The Morgan fingerprint density at radius 3 is 2.27 bits per heavy atom. The summed E-state index contributed by atoms with van der Waals surface area (Å²) in [6.07, 6.45) is 1.40. The highest BCUT2D eigenvalue weighted by Gasteiger charge is 2.42. The third-order valence-corrected chi connectivity index (χ3v) is 4.45. The number of nitrogens with zero attached hydrogens (tertiary/aromatic N) is 2. The van der Waals surface area contributed by atoms with Gasteiger partial charge < -0.3 is 9.47 Å². The molecule has 0 atom stereocenters. The molecular formula is C23H24N2O5. The van der Waals surface area contributed by atoms with E-state index < -0.39 is 17.8 Å². The summed E-state index contributed by atoms with van der Waals surface area (Å²) in [5.41, 5.74) is 0.853. The molecule has 1 aliphatic heterocycles. The van der Waals surface area contributed by atoms with Gasteiger partial charge in [-0.1, -0.05) is 36.4 Å². The first kappa shape index (κ1) is 21.3. The molecule has 0 unspecified atom stereocenters. The Labute approximate surface area is 175 Å². The van der Waals surface area contributed by atoms with E-state index in [0.29, 0.717) is 17.0 Å². The van der Waals surface area contributed by atoms with Crippen LogP contribution in [-0.4, -0.2) is 49.1 Å². The van der Waals surface area contributed by atoms with Crippen LogP contribution in [0.15, 0.2) is 60.2 Å². The van der Waals surface area contributed by atoms with Gasteiger partial charge in [-0.3, -0.25) is 14.5 Å². The van der Waals surface area contributed by atoms with E-state index in [9.17, 15) is 14.4 Å². The third kappa shape index (κ3) is 4.41. The molecule has 1 saturated heterocycles. The van der Waals surface area contributed by atoms with Gasteiger partial charge in [0.2, 0.25) is 0 Å². The molecule has 7 heteroatoms. The number of hydrogen-bond donors (Lipinski definition) is 0. The van der Waals surface area contributed by atoms with Crippen molar-refractivity contribution in [1.29, 1.82) is 0 Å². The number of para-hydroxylation sites is 2. The summed E-state index contributed by atoms with van der Waals surface area (Å²) in [7, 11) is 1.48. The number of ether oxygens (including phenoxy) is 2. The summed E-state index contributed by atoms with van der Waals surface area (Å²) in [4.78, 5) is 41.3. The minimum absolute atomic E-state index is 0.0340. The lowest BCUT2D eigenvalue weighted by molar-refractivity contribution is -0.129. The van der Waals surface area contributed by atoms with Crippen molar-refractivity contribution < 1.29 is 23.9 Å². The van der Waals surface area contributed by atoms with Crippen LogP contribution in [-0.2, 0) is 14.3 Å². The van der Waals surface area contributed by atoms with Crippen LogP contribution in [0.4, 0.5) is 10.5 Å². The summed E-state index contributed by atoms with van der Waals surface area (Å²) in [6.45, 7) is 3.98. The van der Waals surface area contributed by atoms with Crippen LogP contribution in [0.1, 0.15) is 19.4 Å². The van der Waals surface area contributed by atoms with Gasteiger partial charge in [-0.15, -0.1) is 0 Å². The monoisotopic (exact) mass is 408 g/mol. The van der Waals surface area contributed by atoms with Crippen molar-refractivity contribution in [3.05, 3.63) is 65.7 Å². The number of urea groups is 1. The van der Waals surface area contributed by atoms with E-state index in [2.05, 4.69) is 0 Å². The second-order valence-electron chi connectivity index (χ2n) is 6.97. The molecule has 30 heavy (non-hydrogen) atoms.